The van der Waals surface area contributed by atoms with E-state index < -0.39 is 12.7 Å². The van der Waals surface area contributed by atoms with Crippen molar-refractivity contribution in [2.24, 2.45) is 7.05 Å². The number of ether oxygens (including phenoxy) is 1. The van der Waals surface area contributed by atoms with Gasteiger partial charge in [-0.1, -0.05) is 12.1 Å². The van der Waals surface area contributed by atoms with Crippen LogP contribution in [0.2, 0.25) is 0 Å². The van der Waals surface area contributed by atoms with Gasteiger partial charge >= 0.3 is 6.18 Å². The number of aromatic amines is 2. The van der Waals surface area contributed by atoms with Gasteiger partial charge in [-0.2, -0.15) is 23.4 Å². The number of benzene rings is 2. The molecule has 9 nitrogen and oxygen atoms in total. The summed E-state index contributed by atoms with van der Waals surface area (Å²) in [4.78, 5) is 14.2. The average molecular weight is 563 g/mol. The second-order valence-electron chi connectivity index (χ2n) is 10.9. The van der Waals surface area contributed by atoms with E-state index in [1.807, 2.05) is 36.1 Å². The van der Waals surface area contributed by atoms with Crippen molar-refractivity contribution in [3.8, 4) is 28.5 Å². The molecule has 7 rings (SSSR count). The first-order chi connectivity index (χ1) is 19.8. The predicted octanol–water partition coefficient (Wildman–Crippen LogP) is 5.15. The maximum atomic E-state index is 12.9. The van der Waals surface area contributed by atoms with E-state index >= 15 is 0 Å². The number of aromatic nitrogens is 7. The molecule has 5 aromatic rings. The summed E-state index contributed by atoms with van der Waals surface area (Å²) < 4.78 is 46.2. The monoisotopic (exact) mass is 562 g/mol. The molecule has 4 heterocycles. The molecule has 41 heavy (non-hydrogen) atoms. The Hall–Kier alpha value is -4.19. The molecule has 0 unspecified atom stereocenters. The molecule has 1 fully saturated rings. The zero-order valence-corrected chi connectivity index (χ0v) is 22.7. The highest BCUT2D eigenvalue weighted by molar-refractivity contribution is 5.84. The first kappa shape index (κ1) is 25.8. The molecule has 1 aliphatic heterocycles. The summed E-state index contributed by atoms with van der Waals surface area (Å²) in [6.45, 7) is -0.435. The van der Waals surface area contributed by atoms with Crippen molar-refractivity contribution in [3.63, 3.8) is 0 Å². The minimum Gasteiger partial charge on any atom is -0.496 e. The number of hydrogen-bond donors (Lipinski definition) is 2. The molecular formula is C29H29F3N8O. The first-order valence-corrected chi connectivity index (χ1v) is 13.7. The van der Waals surface area contributed by atoms with Crippen molar-refractivity contribution in [3.05, 3.63) is 64.9 Å². The number of alkyl halides is 3. The Labute approximate surface area is 233 Å². The van der Waals surface area contributed by atoms with Crippen LogP contribution in [-0.2, 0) is 26.4 Å². The number of aryl methyl sites for hydroxylation is 1. The Bertz CT molecular complexity index is 1750. The van der Waals surface area contributed by atoms with Gasteiger partial charge in [-0.05, 0) is 48.1 Å². The molecule has 0 spiro atoms. The molecule has 12 heteroatoms. The topological polar surface area (TPSA) is 101 Å². The summed E-state index contributed by atoms with van der Waals surface area (Å²) >= 11 is 0. The Morgan fingerprint density at radius 1 is 1.12 bits per heavy atom. The lowest BCUT2D eigenvalue weighted by Gasteiger charge is -2.26. The molecule has 2 N–H and O–H groups in total. The number of rotatable bonds is 7. The third-order valence-corrected chi connectivity index (χ3v) is 7.97. The number of nitrogens with one attached hydrogen (secondary N) is 2. The van der Waals surface area contributed by atoms with Gasteiger partial charge in [0.15, 0.2) is 5.82 Å². The Balaban J connectivity index is 1.15. The average Bonchev–Trinajstić information content (AvgIpc) is 3.33. The smallest absolute Gasteiger partial charge is 0.401 e. The quantitative estimate of drug-likeness (QED) is 0.285. The van der Waals surface area contributed by atoms with Gasteiger partial charge in [0, 0.05) is 43.9 Å². The predicted molar refractivity (Wildman–Crippen MR) is 146 cm³/mol. The van der Waals surface area contributed by atoms with Gasteiger partial charge in [-0.15, -0.1) is 0 Å². The van der Waals surface area contributed by atoms with E-state index in [0.29, 0.717) is 48.4 Å². The van der Waals surface area contributed by atoms with Crippen LogP contribution in [0.25, 0.3) is 33.7 Å². The lowest BCUT2D eigenvalue weighted by Crippen LogP contribution is -2.38. The summed E-state index contributed by atoms with van der Waals surface area (Å²) in [5, 5.41) is 13.2. The fraction of sp³-hybridized carbons (Fsp3) is 0.379. The highest BCUT2D eigenvalue weighted by Gasteiger charge is 2.33. The zero-order valence-electron chi connectivity index (χ0n) is 22.7. The number of fused-ring (bicyclic) bond motifs is 2. The second-order valence-corrected chi connectivity index (χ2v) is 10.9. The SMILES string of the molecule is COc1cc(-c2nc(Cc3ccc4[nH]ncc4c3C3CC3)n(C)n2)ccc1-c1nc2c([nH]1)CN(CC(F)(F)F)CC2. The largest absolute Gasteiger partial charge is 0.496 e. The minimum atomic E-state index is -4.23. The van der Waals surface area contributed by atoms with Crippen molar-refractivity contribution >= 4 is 10.9 Å². The maximum absolute atomic E-state index is 12.9. The van der Waals surface area contributed by atoms with Crippen molar-refractivity contribution in [2.75, 3.05) is 20.2 Å². The van der Waals surface area contributed by atoms with Crippen LogP contribution >= 0.6 is 0 Å². The van der Waals surface area contributed by atoms with Crippen LogP contribution < -0.4 is 4.74 Å². The number of methoxy groups -OCH3 is 1. The van der Waals surface area contributed by atoms with Crippen LogP contribution in [0.5, 0.6) is 5.75 Å². The van der Waals surface area contributed by atoms with Gasteiger partial charge < -0.3 is 9.72 Å². The molecule has 2 aliphatic rings. The van der Waals surface area contributed by atoms with Crippen molar-refractivity contribution in [2.45, 2.75) is 44.3 Å². The van der Waals surface area contributed by atoms with Gasteiger partial charge in [-0.3, -0.25) is 14.7 Å². The molecule has 3 aromatic heterocycles. The van der Waals surface area contributed by atoms with E-state index in [9.17, 15) is 13.2 Å². The molecule has 1 aliphatic carbocycles. The summed E-state index contributed by atoms with van der Waals surface area (Å²) in [7, 11) is 3.49. The number of H-pyrrole nitrogens is 2. The normalized spacial score (nSPS) is 15.9. The van der Waals surface area contributed by atoms with Crippen LogP contribution in [0.1, 0.15) is 47.1 Å². The summed E-state index contributed by atoms with van der Waals surface area (Å²) in [6.07, 6.45) is 1.19. The Kier molecular flexibility index (Phi) is 6.11. The molecule has 212 valence electrons. The van der Waals surface area contributed by atoms with E-state index in [2.05, 4.69) is 32.3 Å². The van der Waals surface area contributed by atoms with Crippen LogP contribution in [0.4, 0.5) is 13.2 Å². The van der Waals surface area contributed by atoms with Crippen molar-refractivity contribution in [1.29, 1.82) is 0 Å². The van der Waals surface area contributed by atoms with Crippen molar-refractivity contribution < 1.29 is 17.9 Å². The fourth-order valence-electron chi connectivity index (χ4n) is 5.85. The summed E-state index contributed by atoms with van der Waals surface area (Å²) in [5.41, 5.74) is 6.68. The van der Waals surface area contributed by atoms with Crippen LogP contribution in [-0.4, -0.2) is 66.2 Å². The van der Waals surface area contributed by atoms with E-state index in [-0.39, 0.29) is 6.54 Å². The zero-order chi connectivity index (χ0) is 28.3. The fourth-order valence-corrected chi connectivity index (χ4v) is 5.85. The number of hydrogen-bond acceptors (Lipinski definition) is 6. The third kappa shape index (κ3) is 4.96. The summed E-state index contributed by atoms with van der Waals surface area (Å²) in [5.74, 6) is 3.16. The van der Waals surface area contributed by atoms with E-state index in [1.54, 1.807) is 7.11 Å². The molecular weight excluding hydrogens is 533 g/mol. The standard InChI is InChI=1S/C29H29F3N8O/c1-39-25(12-17-6-8-21-20(13-33-37-21)26(17)16-3-4-16)36-27(38-39)18-5-7-19(24(11-18)41-2)28-34-22-9-10-40(14-23(22)35-28)15-29(30,31)32/h5-8,11,13,16H,3-4,9-10,12,14-15H2,1-2H3,(H,33,37)(H,34,35). The molecule has 0 bridgehead atoms. The lowest BCUT2D eigenvalue weighted by molar-refractivity contribution is -0.147. The summed E-state index contributed by atoms with van der Waals surface area (Å²) in [6, 6.07) is 9.91. The van der Waals surface area contributed by atoms with Gasteiger partial charge in [0.1, 0.15) is 17.4 Å². The Morgan fingerprint density at radius 2 is 1.98 bits per heavy atom. The number of imidazole rings is 1. The molecule has 0 atom stereocenters. The van der Waals surface area contributed by atoms with Gasteiger partial charge in [0.2, 0.25) is 0 Å². The van der Waals surface area contributed by atoms with E-state index in [0.717, 1.165) is 28.2 Å². The minimum absolute atomic E-state index is 0.179. The van der Waals surface area contributed by atoms with Crippen LogP contribution in [0.3, 0.4) is 0 Å². The second kappa shape index (κ2) is 9.72. The first-order valence-electron chi connectivity index (χ1n) is 13.7. The van der Waals surface area contributed by atoms with Gasteiger partial charge in [-0.25, -0.2) is 9.97 Å². The Morgan fingerprint density at radius 3 is 2.76 bits per heavy atom. The van der Waals surface area contributed by atoms with Crippen LogP contribution in [0, 0.1) is 0 Å². The lowest BCUT2D eigenvalue weighted by atomic mass is 9.96. The molecule has 0 amide bonds. The van der Waals surface area contributed by atoms with Gasteiger partial charge in [0.05, 0.1) is 42.3 Å². The van der Waals surface area contributed by atoms with Crippen molar-refractivity contribution in [1.82, 2.24) is 39.8 Å². The molecule has 1 saturated carbocycles. The van der Waals surface area contributed by atoms with Crippen LogP contribution in [0.15, 0.2) is 36.5 Å². The maximum Gasteiger partial charge on any atom is 0.401 e. The number of halogens is 3. The van der Waals surface area contributed by atoms with E-state index in [1.165, 1.54) is 34.3 Å². The molecule has 2 aromatic carbocycles. The number of nitrogens with zero attached hydrogens (tertiary/aromatic N) is 6. The molecule has 0 radical (unpaired) electrons. The van der Waals surface area contributed by atoms with Gasteiger partial charge in [0.25, 0.3) is 0 Å². The molecule has 0 saturated heterocycles. The highest BCUT2D eigenvalue weighted by atomic mass is 19.4. The highest BCUT2D eigenvalue weighted by Crippen LogP contribution is 2.45. The van der Waals surface area contributed by atoms with E-state index in [4.69, 9.17) is 14.8 Å². The third-order valence-electron chi connectivity index (χ3n) is 7.97.